The molecule has 0 radical (unpaired) electrons. The summed E-state index contributed by atoms with van der Waals surface area (Å²) < 4.78 is 68.3. The van der Waals surface area contributed by atoms with Crippen LogP contribution in [0.4, 0.5) is 0 Å². The predicted molar refractivity (Wildman–Crippen MR) is 368 cm³/mol. The number of carbonyl (C=O) groups excluding carboxylic acids is 4. The van der Waals surface area contributed by atoms with E-state index in [2.05, 4.69) is 48.5 Å². The molecule has 0 heterocycles. The van der Waals surface area contributed by atoms with Gasteiger partial charge in [0.15, 0.2) is 12.2 Å². The van der Waals surface area contributed by atoms with E-state index in [9.17, 15) is 43.2 Å². The second-order valence-electron chi connectivity index (χ2n) is 27.4. The summed E-state index contributed by atoms with van der Waals surface area (Å²) in [5, 5.41) is 10.6. The largest absolute Gasteiger partial charge is 0.472 e. The number of aliphatic hydroxyl groups is 1. The van der Waals surface area contributed by atoms with Crippen molar-refractivity contribution in [3.8, 4) is 0 Å². The molecule has 0 bridgehead atoms. The van der Waals surface area contributed by atoms with E-state index < -0.39 is 97.5 Å². The monoisotopic (exact) mass is 1340 g/mol. The molecule has 5 atom stereocenters. The molecule has 0 aromatic rings. The van der Waals surface area contributed by atoms with Crippen LogP contribution in [0.3, 0.4) is 0 Å². The lowest BCUT2D eigenvalue weighted by molar-refractivity contribution is -0.161. The maximum absolute atomic E-state index is 13.0. The maximum Gasteiger partial charge on any atom is 0.472 e. The lowest BCUT2D eigenvalue weighted by Crippen LogP contribution is -2.30. The highest BCUT2D eigenvalue weighted by Crippen LogP contribution is 2.45. The summed E-state index contributed by atoms with van der Waals surface area (Å²) in [7, 11) is -9.90. The third-order valence-electron chi connectivity index (χ3n) is 16.6. The Kier molecular flexibility index (Phi) is 61.5. The summed E-state index contributed by atoms with van der Waals surface area (Å²) >= 11 is 0. The van der Waals surface area contributed by atoms with Gasteiger partial charge >= 0.3 is 39.5 Å². The molecule has 3 N–H and O–H groups in total. The molecule has 0 amide bonds. The van der Waals surface area contributed by atoms with Gasteiger partial charge in [-0.2, -0.15) is 0 Å². The molecule has 17 nitrogen and oxygen atoms in total. The van der Waals surface area contributed by atoms with Gasteiger partial charge in [0.25, 0.3) is 0 Å². The zero-order chi connectivity index (χ0) is 67.3. The average molecular weight is 1340 g/mol. The minimum Gasteiger partial charge on any atom is -0.462 e. The fourth-order valence-electron chi connectivity index (χ4n) is 10.9. The summed E-state index contributed by atoms with van der Waals surface area (Å²) in [5.41, 5.74) is 0. The van der Waals surface area contributed by atoms with E-state index in [4.69, 9.17) is 37.0 Å². The van der Waals surface area contributed by atoms with Gasteiger partial charge in [-0.1, -0.05) is 312 Å². The highest BCUT2D eigenvalue weighted by atomic mass is 31.2. The van der Waals surface area contributed by atoms with E-state index in [0.717, 1.165) is 108 Å². The van der Waals surface area contributed by atoms with Gasteiger partial charge in [-0.25, -0.2) is 9.13 Å². The van der Waals surface area contributed by atoms with E-state index in [0.29, 0.717) is 25.7 Å². The van der Waals surface area contributed by atoms with Crippen LogP contribution >= 0.6 is 15.6 Å². The molecule has 0 aliphatic rings. The smallest absolute Gasteiger partial charge is 0.462 e. The number of aliphatic hydroxyl groups excluding tert-OH is 1. The van der Waals surface area contributed by atoms with Crippen molar-refractivity contribution in [2.75, 3.05) is 39.6 Å². The number of esters is 4. The van der Waals surface area contributed by atoms with Crippen LogP contribution < -0.4 is 0 Å². The van der Waals surface area contributed by atoms with Gasteiger partial charge in [-0.15, -0.1) is 0 Å². The van der Waals surface area contributed by atoms with E-state index in [1.165, 1.54) is 173 Å². The zero-order valence-electron chi connectivity index (χ0n) is 59.3. The van der Waals surface area contributed by atoms with Crippen LogP contribution in [0.2, 0.25) is 0 Å². The topological polar surface area (TPSA) is 237 Å². The quantitative estimate of drug-likeness (QED) is 0.0222. The fourth-order valence-corrected chi connectivity index (χ4v) is 12.5. The summed E-state index contributed by atoms with van der Waals surface area (Å²) in [5.74, 6) is 0.0443. The van der Waals surface area contributed by atoms with E-state index in [1.807, 2.05) is 0 Å². The van der Waals surface area contributed by atoms with Gasteiger partial charge < -0.3 is 33.8 Å². The Bertz CT molecular complexity index is 1780. The zero-order valence-corrected chi connectivity index (χ0v) is 61.1. The summed E-state index contributed by atoms with van der Waals surface area (Å²) in [6.07, 6.45) is 47.4. The van der Waals surface area contributed by atoms with Crippen molar-refractivity contribution >= 4 is 39.5 Å². The lowest BCUT2D eigenvalue weighted by Gasteiger charge is -2.21. The first kappa shape index (κ1) is 89.1. The highest BCUT2D eigenvalue weighted by molar-refractivity contribution is 7.47. The number of phosphoric acid groups is 2. The Balaban J connectivity index is 5.22. The second-order valence-corrected chi connectivity index (χ2v) is 30.3. The van der Waals surface area contributed by atoms with Crippen molar-refractivity contribution in [3.63, 3.8) is 0 Å². The Morgan fingerprint density at radius 3 is 0.747 bits per heavy atom. The summed E-state index contributed by atoms with van der Waals surface area (Å²) in [4.78, 5) is 72.6. The van der Waals surface area contributed by atoms with E-state index in [1.54, 1.807) is 0 Å². The molecular weight excluding hydrogens is 1200 g/mol. The third-order valence-corrected chi connectivity index (χ3v) is 18.5. The molecule has 91 heavy (non-hydrogen) atoms. The van der Waals surface area contributed by atoms with E-state index >= 15 is 0 Å². The maximum atomic E-state index is 13.0. The van der Waals surface area contributed by atoms with Crippen LogP contribution in [0.25, 0.3) is 0 Å². The Hall–Kier alpha value is -1.94. The fraction of sp³-hybridized carbons (Fsp3) is 0.944. The minimum atomic E-state index is -4.95. The first-order valence-electron chi connectivity index (χ1n) is 37.3. The van der Waals surface area contributed by atoms with Crippen molar-refractivity contribution in [2.45, 2.75) is 381 Å². The molecule has 19 heteroatoms. The molecule has 540 valence electrons. The van der Waals surface area contributed by atoms with Gasteiger partial charge in [0.2, 0.25) is 0 Å². The number of phosphoric ester groups is 2. The molecule has 0 rings (SSSR count). The van der Waals surface area contributed by atoms with Crippen molar-refractivity contribution in [1.82, 2.24) is 0 Å². The molecule has 0 aliphatic heterocycles. The number of carbonyl (C=O) groups is 4. The number of ether oxygens (including phenoxy) is 4. The summed E-state index contributed by atoms with van der Waals surface area (Å²) in [6.45, 7) is 11.8. The molecule has 0 aliphatic carbocycles. The van der Waals surface area contributed by atoms with Gasteiger partial charge in [-0.05, 0) is 43.4 Å². The molecule has 0 fully saturated rings. The highest BCUT2D eigenvalue weighted by Gasteiger charge is 2.30. The molecule has 0 saturated carbocycles. The number of rotatable bonds is 70. The third kappa shape index (κ3) is 66.5. The minimum absolute atomic E-state index is 0.104. The number of hydrogen-bond donors (Lipinski definition) is 3. The molecule has 0 aromatic carbocycles. The SMILES string of the molecule is CCCCCCCCCCCCCCCCCCCCC(=O)O[C@H](COC(=O)CCCCCCCCCCC(C)C)COP(=O)(O)OC[C@@H](O)COP(=O)(O)OC[C@@H](COC(=O)CCCCCCCCCCC(C)C)OC(=O)CCCCCCCCCCC(C)C. The van der Waals surface area contributed by atoms with Crippen molar-refractivity contribution in [2.24, 2.45) is 17.8 Å². The molecule has 0 spiro atoms. The number of hydrogen-bond acceptors (Lipinski definition) is 15. The lowest BCUT2D eigenvalue weighted by atomic mass is 10.0. The second kappa shape index (κ2) is 62.8. The van der Waals surface area contributed by atoms with Crippen LogP contribution in [0.1, 0.15) is 363 Å². The van der Waals surface area contributed by atoms with Crippen LogP contribution in [-0.2, 0) is 65.4 Å². The normalized spacial score (nSPS) is 14.2. The van der Waals surface area contributed by atoms with Crippen LogP contribution in [0.15, 0.2) is 0 Å². The first-order chi connectivity index (χ1) is 43.7. The first-order valence-corrected chi connectivity index (χ1v) is 40.3. The Labute approximate surface area is 556 Å². The number of unbranched alkanes of at least 4 members (excludes halogenated alkanes) is 38. The van der Waals surface area contributed by atoms with Gasteiger partial charge in [0.1, 0.15) is 19.3 Å². The van der Waals surface area contributed by atoms with E-state index in [-0.39, 0.29) is 25.7 Å². The van der Waals surface area contributed by atoms with Crippen LogP contribution in [-0.4, -0.2) is 96.7 Å². The van der Waals surface area contributed by atoms with Gasteiger partial charge in [0, 0.05) is 25.7 Å². The Morgan fingerprint density at radius 1 is 0.297 bits per heavy atom. The van der Waals surface area contributed by atoms with Gasteiger partial charge in [0.05, 0.1) is 26.4 Å². The van der Waals surface area contributed by atoms with Crippen molar-refractivity contribution in [3.05, 3.63) is 0 Å². The Morgan fingerprint density at radius 2 is 0.505 bits per heavy atom. The van der Waals surface area contributed by atoms with Crippen LogP contribution in [0, 0.1) is 17.8 Å². The molecular formula is C72H140O17P2. The molecule has 2 unspecified atom stereocenters. The van der Waals surface area contributed by atoms with Crippen LogP contribution in [0.5, 0.6) is 0 Å². The van der Waals surface area contributed by atoms with Gasteiger partial charge in [-0.3, -0.25) is 37.3 Å². The van der Waals surface area contributed by atoms with Crippen molar-refractivity contribution in [1.29, 1.82) is 0 Å². The predicted octanol–water partition coefficient (Wildman–Crippen LogP) is 20.6. The molecule has 0 aromatic heterocycles. The standard InChI is InChI=1S/C72H140O17P2/c1-8-9-10-11-12-13-14-15-16-17-18-19-20-21-22-34-41-48-55-71(76)88-67(59-82-69(74)53-46-39-32-26-23-29-36-43-50-63(2)3)61-86-90(78,79)84-57-66(73)58-85-91(80,81)87-62-68(89-72(77)56-49-42-35-28-25-31-38-45-52-65(6)7)60-83-70(75)54-47-40-33-27-24-30-37-44-51-64(4)5/h63-68,73H,8-62H2,1-7H3,(H,78,79)(H,80,81)/t66-,67-,68-/m1/s1. The average Bonchev–Trinajstić information content (AvgIpc) is 3.65. The molecule has 0 saturated heterocycles. The summed E-state index contributed by atoms with van der Waals surface area (Å²) in [6, 6.07) is 0. The van der Waals surface area contributed by atoms with Crippen molar-refractivity contribution < 1.29 is 80.2 Å².